The molecule has 0 bridgehead atoms. The van der Waals surface area contributed by atoms with Crippen LogP contribution in [0.5, 0.6) is 5.75 Å². The van der Waals surface area contributed by atoms with E-state index in [1.807, 2.05) is 54.2 Å². The van der Waals surface area contributed by atoms with Gasteiger partial charge in [-0.1, -0.05) is 12.1 Å². The van der Waals surface area contributed by atoms with Gasteiger partial charge in [0.2, 0.25) is 0 Å². The van der Waals surface area contributed by atoms with Crippen LogP contribution in [-0.2, 0) is 0 Å². The SMILES string of the molecule is COc1ccccc1C(=O)N1CCN(c2ccc(N(C)C)nn2)CC1. The fourth-order valence-corrected chi connectivity index (χ4v) is 2.86. The Bertz CT molecular complexity index is 725. The van der Waals surface area contributed by atoms with Crippen LogP contribution in [0.1, 0.15) is 10.4 Å². The highest BCUT2D eigenvalue weighted by atomic mass is 16.5. The maximum Gasteiger partial charge on any atom is 0.257 e. The summed E-state index contributed by atoms with van der Waals surface area (Å²) in [6.45, 7) is 2.76. The fourth-order valence-electron chi connectivity index (χ4n) is 2.86. The second-order valence-corrected chi connectivity index (χ2v) is 6.12. The zero-order valence-corrected chi connectivity index (χ0v) is 14.8. The Kier molecular flexibility index (Phi) is 5.02. The number of aromatic nitrogens is 2. The summed E-state index contributed by atoms with van der Waals surface area (Å²) in [4.78, 5) is 18.7. The van der Waals surface area contributed by atoms with Crippen LogP contribution in [0.25, 0.3) is 0 Å². The summed E-state index contributed by atoms with van der Waals surface area (Å²) in [7, 11) is 5.46. The molecule has 0 saturated carbocycles. The lowest BCUT2D eigenvalue weighted by atomic mass is 10.1. The van der Waals surface area contributed by atoms with E-state index in [2.05, 4.69) is 15.1 Å². The maximum atomic E-state index is 12.7. The highest BCUT2D eigenvalue weighted by Crippen LogP contribution is 2.21. The van der Waals surface area contributed by atoms with E-state index >= 15 is 0 Å². The number of para-hydroxylation sites is 1. The molecule has 1 aliphatic heterocycles. The summed E-state index contributed by atoms with van der Waals surface area (Å²) >= 11 is 0. The molecule has 0 radical (unpaired) electrons. The van der Waals surface area contributed by atoms with Gasteiger partial charge in [0.25, 0.3) is 5.91 Å². The minimum Gasteiger partial charge on any atom is -0.496 e. The normalized spacial score (nSPS) is 14.4. The number of benzene rings is 1. The number of rotatable bonds is 4. The zero-order chi connectivity index (χ0) is 17.8. The van der Waals surface area contributed by atoms with Crippen LogP contribution in [0, 0.1) is 0 Å². The van der Waals surface area contributed by atoms with Gasteiger partial charge in [0.15, 0.2) is 11.6 Å². The predicted molar refractivity (Wildman–Crippen MR) is 97.5 cm³/mol. The third kappa shape index (κ3) is 3.65. The molecule has 1 aromatic heterocycles. The maximum absolute atomic E-state index is 12.7. The van der Waals surface area contributed by atoms with Crippen LogP contribution in [0.15, 0.2) is 36.4 Å². The van der Waals surface area contributed by atoms with Gasteiger partial charge in [0.1, 0.15) is 5.75 Å². The third-order valence-corrected chi connectivity index (χ3v) is 4.32. The summed E-state index contributed by atoms with van der Waals surface area (Å²) in [5, 5.41) is 8.50. The highest BCUT2D eigenvalue weighted by molar-refractivity contribution is 5.97. The number of hydrogen-bond acceptors (Lipinski definition) is 6. The Balaban J connectivity index is 1.64. The van der Waals surface area contributed by atoms with Crippen LogP contribution in [-0.4, -0.2) is 68.4 Å². The molecule has 1 aliphatic rings. The van der Waals surface area contributed by atoms with Crippen LogP contribution in [0.4, 0.5) is 11.6 Å². The van der Waals surface area contributed by atoms with E-state index in [0.29, 0.717) is 24.4 Å². The van der Waals surface area contributed by atoms with E-state index in [1.165, 1.54) is 0 Å². The lowest BCUT2D eigenvalue weighted by Crippen LogP contribution is -2.49. The van der Waals surface area contributed by atoms with Gasteiger partial charge in [-0.3, -0.25) is 4.79 Å². The van der Waals surface area contributed by atoms with Gasteiger partial charge in [-0.15, -0.1) is 10.2 Å². The Labute approximate surface area is 147 Å². The summed E-state index contributed by atoms with van der Waals surface area (Å²) in [5.41, 5.74) is 0.605. The largest absolute Gasteiger partial charge is 0.496 e. The van der Waals surface area contributed by atoms with Gasteiger partial charge in [0.05, 0.1) is 12.7 Å². The molecule has 0 spiro atoms. The van der Waals surface area contributed by atoms with Crippen molar-refractivity contribution in [3.63, 3.8) is 0 Å². The lowest BCUT2D eigenvalue weighted by Gasteiger charge is -2.35. The first kappa shape index (κ1) is 17.0. The standard InChI is InChI=1S/C18H23N5O2/c1-21(2)16-8-9-17(20-19-16)22-10-12-23(13-11-22)18(24)14-6-4-5-7-15(14)25-3/h4-9H,10-13H2,1-3H3. The third-order valence-electron chi connectivity index (χ3n) is 4.32. The van der Waals surface area contributed by atoms with E-state index in [9.17, 15) is 4.79 Å². The highest BCUT2D eigenvalue weighted by Gasteiger charge is 2.24. The van der Waals surface area contributed by atoms with Crippen molar-refractivity contribution in [1.29, 1.82) is 0 Å². The molecule has 3 rings (SSSR count). The Morgan fingerprint density at radius 2 is 1.76 bits per heavy atom. The van der Waals surface area contributed by atoms with Crippen molar-refractivity contribution in [2.75, 3.05) is 57.2 Å². The Hall–Kier alpha value is -2.83. The molecule has 7 heteroatoms. The molecule has 25 heavy (non-hydrogen) atoms. The molecule has 0 aliphatic carbocycles. The predicted octanol–water partition coefficient (Wildman–Crippen LogP) is 1.51. The van der Waals surface area contributed by atoms with Gasteiger partial charge in [-0.25, -0.2) is 0 Å². The Morgan fingerprint density at radius 3 is 2.36 bits per heavy atom. The van der Waals surface area contributed by atoms with Crippen molar-refractivity contribution in [3.05, 3.63) is 42.0 Å². The number of carbonyl (C=O) groups is 1. The molecule has 1 aromatic carbocycles. The van der Waals surface area contributed by atoms with Crippen molar-refractivity contribution < 1.29 is 9.53 Å². The van der Waals surface area contributed by atoms with Gasteiger partial charge >= 0.3 is 0 Å². The van der Waals surface area contributed by atoms with E-state index in [-0.39, 0.29) is 5.91 Å². The van der Waals surface area contributed by atoms with E-state index in [1.54, 1.807) is 13.2 Å². The summed E-state index contributed by atoms with van der Waals surface area (Å²) in [5.74, 6) is 2.29. The molecule has 1 fully saturated rings. The van der Waals surface area contributed by atoms with E-state index in [0.717, 1.165) is 24.7 Å². The van der Waals surface area contributed by atoms with Crippen molar-refractivity contribution in [2.24, 2.45) is 0 Å². The number of carbonyl (C=O) groups excluding carboxylic acids is 1. The summed E-state index contributed by atoms with van der Waals surface area (Å²) in [6.07, 6.45) is 0. The molecule has 0 N–H and O–H groups in total. The van der Waals surface area contributed by atoms with Crippen molar-refractivity contribution in [3.8, 4) is 5.75 Å². The van der Waals surface area contributed by atoms with E-state index in [4.69, 9.17) is 4.74 Å². The smallest absolute Gasteiger partial charge is 0.257 e. The molecular formula is C18H23N5O2. The topological polar surface area (TPSA) is 61.8 Å². The second kappa shape index (κ2) is 7.38. The van der Waals surface area contributed by atoms with Crippen molar-refractivity contribution in [1.82, 2.24) is 15.1 Å². The minimum absolute atomic E-state index is 0.00569. The van der Waals surface area contributed by atoms with Gasteiger partial charge in [-0.2, -0.15) is 0 Å². The molecule has 2 aromatic rings. The number of piperazine rings is 1. The van der Waals surface area contributed by atoms with Gasteiger partial charge < -0.3 is 19.4 Å². The van der Waals surface area contributed by atoms with Gasteiger partial charge in [0, 0.05) is 40.3 Å². The molecule has 1 saturated heterocycles. The molecular weight excluding hydrogens is 318 g/mol. The van der Waals surface area contributed by atoms with Crippen LogP contribution in [0.3, 0.4) is 0 Å². The molecule has 0 unspecified atom stereocenters. The molecule has 132 valence electrons. The number of nitrogens with zero attached hydrogens (tertiary/aromatic N) is 5. The molecule has 0 atom stereocenters. The van der Waals surface area contributed by atoms with Crippen molar-refractivity contribution in [2.45, 2.75) is 0 Å². The second-order valence-electron chi connectivity index (χ2n) is 6.12. The fraction of sp³-hybridized carbons (Fsp3) is 0.389. The molecule has 2 heterocycles. The first-order chi connectivity index (χ1) is 12.1. The van der Waals surface area contributed by atoms with E-state index < -0.39 is 0 Å². The van der Waals surface area contributed by atoms with Crippen LogP contribution in [0.2, 0.25) is 0 Å². The van der Waals surface area contributed by atoms with Gasteiger partial charge in [-0.05, 0) is 24.3 Å². The number of ether oxygens (including phenoxy) is 1. The molecule has 7 nitrogen and oxygen atoms in total. The Morgan fingerprint density at radius 1 is 1.04 bits per heavy atom. The first-order valence-electron chi connectivity index (χ1n) is 8.28. The number of hydrogen-bond donors (Lipinski definition) is 0. The molecule has 1 amide bonds. The average Bonchev–Trinajstić information content (AvgIpc) is 2.67. The number of anilines is 2. The van der Waals surface area contributed by atoms with Crippen LogP contribution >= 0.6 is 0 Å². The zero-order valence-electron chi connectivity index (χ0n) is 14.8. The first-order valence-corrected chi connectivity index (χ1v) is 8.28. The minimum atomic E-state index is 0.00569. The monoisotopic (exact) mass is 341 g/mol. The number of methoxy groups -OCH3 is 1. The lowest BCUT2D eigenvalue weighted by molar-refractivity contribution is 0.0743. The van der Waals surface area contributed by atoms with Crippen molar-refractivity contribution >= 4 is 17.5 Å². The quantitative estimate of drug-likeness (QED) is 0.840. The number of amides is 1. The summed E-state index contributed by atoms with van der Waals surface area (Å²) < 4.78 is 5.30. The average molecular weight is 341 g/mol. The van der Waals surface area contributed by atoms with Crippen LogP contribution < -0.4 is 14.5 Å². The summed E-state index contributed by atoms with van der Waals surface area (Å²) in [6, 6.07) is 11.3.